The molecule has 2 aliphatic rings. The first-order valence-corrected chi connectivity index (χ1v) is 9.30. The predicted octanol–water partition coefficient (Wildman–Crippen LogP) is 2.34. The number of amides is 3. The third-order valence-electron chi connectivity index (χ3n) is 3.99. The summed E-state index contributed by atoms with van der Waals surface area (Å²) in [6, 6.07) is 0. The summed E-state index contributed by atoms with van der Waals surface area (Å²) >= 11 is 1.35. The van der Waals surface area contributed by atoms with Crippen LogP contribution < -0.4 is 10.6 Å². The van der Waals surface area contributed by atoms with Crippen LogP contribution in [-0.4, -0.2) is 37.7 Å². The van der Waals surface area contributed by atoms with Crippen molar-refractivity contribution < 1.29 is 28.6 Å². The van der Waals surface area contributed by atoms with Crippen LogP contribution in [0.15, 0.2) is 12.0 Å². The molecule has 140 valence electrons. The van der Waals surface area contributed by atoms with Gasteiger partial charge in [-0.2, -0.15) is 0 Å². The smallest absolute Gasteiger partial charge is 0.414 e. The molecule has 0 fully saturated rings. The highest BCUT2D eigenvalue weighted by Gasteiger charge is 2.28. The molecule has 3 rings (SSSR count). The Bertz CT molecular complexity index is 755. The van der Waals surface area contributed by atoms with Crippen molar-refractivity contribution >= 4 is 34.2 Å². The van der Waals surface area contributed by atoms with Crippen molar-refractivity contribution in [2.24, 2.45) is 0 Å². The number of hydrogen-bond acceptors (Lipinski definition) is 7. The normalized spacial score (nSPS) is 15.7. The Kier molecular flexibility index (Phi) is 5.77. The molecule has 0 atom stereocenters. The van der Waals surface area contributed by atoms with E-state index in [1.165, 1.54) is 17.6 Å². The van der Waals surface area contributed by atoms with Crippen molar-refractivity contribution in [1.82, 2.24) is 5.32 Å². The van der Waals surface area contributed by atoms with Gasteiger partial charge in [-0.3, -0.25) is 14.9 Å². The van der Waals surface area contributed by atoms with Crippen LogP contribution >= 0.6 is 11.3 Å². The monoisotopic (exact) mass is 380 g/mol. The van der Waals surface area contributed by atoms with Crippen LogP contribution in [0.4, 0.5) is 9.80 Å². The second-order valence-electron chi connectivity index (χ2n) is 5.75. The molecule has 0 saturated heterocycles. The lowest BCUT2D eigenvalue weighted by Crippen LogP contribution is -2.32. The molecule has 3 amide bonds. The molecular weight excluding hydrogens is 360 g/mol. The number of carbonyl (C=O) groups excluding carboxylic acids is 3. The van der Waals surface area contributed by atoms with Gasteiger partial charge in [0.05, 0.1) is 12.2 Å². The molecule has 0 aromatic carbocycles. The number of thiophene rings is 1. The average Bonchev–Trinajstić information content (AvgIpc) is 3.00. The molecule has 1 aliphatic heterocycles. The van der Waals surface area contributed by atoms with Crippen LogP contribution in [0.5, 0.6) is 0 Å². The number of imide groups is 1. The van der Waals surface area contributed by atoms with Crippen molar-refractivity contribution in [1.29, 1.82) is 0 Å². The molecule has 0 bridgehead atoms. The highest BCUT2D eigenvalue weighted by atomic mass is 32.1. The maximum Gasteiger partial charge on any atom is 0.414 e. The van der Waals surface area contributed by atoms with Crippen LogP contribution in [0.1, 0.15) is 40.6 Å². The van der Waals surface area contributed by atoms with Crippen molar-refractivity contribution in [3.05, 3.63) is 28.0 Å². The fourth-order valence-corrected chi connectivity index (χ4v) is 4.15. The van der Waals surface area contributed by atoms with Gasteiger partial charge < -0.3 is 19.5 Å². The van der Waals surface area contributed by atoms with Gasteiger partial charge in [-0.1, -0.05) is 0 Å². The van der Waals surface area contributed by atoms with Gasteiger partial charge in [0.1, 0.15) is 24.5 Å². The maximum absolute atomic E-state index is 12.6. The molecule has 1 aromatic rings. The highest BCUT2D eigenvalue weighted by molar-refractivity contribution is 7.17. The van der Waals surface area contributed by atoms with Crippen molar-refractivity contribution in [2.45, 2.75) is 32.6 Å². The van der Waals surface area contributed by atoms with Gasteiger partial charge in [-0.05, 0) is 38.2 Å². The van der Waals surface area contributed by atoms with E-state index in [2.05, 4.69) is 10.6 Å². The molecule has 1 aliphatic carbocycles. The number of hydrogen-bond donors (Lipinski definition) is 2. The zero-order valence-electron chi connectivity index (χ0n) is 14.4. The topological polar surface area (TPSA) is 103 Å². The fourth-order valence-electron chi connectivity index (χ4n) is 2.87. The van der Waals surface area contributed by atoms with Crippen molar-refractivity contribution in [3.63, 3.8) is 0 Å². The molecule has 0 spiro atoms. The molecule has 0 saturated carbocycles. The average molecular weight is 380 g/mol. The Morgan fingerprint density at radius 1 is 1.19 bits per heavy atom. The Balaban J connectivity index is 1.85. The number of aryl methyl sites for hydroxylation is 1. The van der Waals surface area contributed by atoms with E-state index in [1.54, 1.807) is 6.92 Å². The summed E-state index contributed by atoms with van der Waals surface area (Å²) in [5.74, 6) is -1.01. The summed E-state index contributed by atoms with van der Waals surface area (Å²) in [6.07, 6.45) is 4.01. The van der Waals surface area contributed by atoms with Gasteiger partial charge in [0.15, 0.2) is 0 Å². The molecule has 0 unspecified atom stereocenters. The van der Waals surface area contributed by atoms with Crippen LogP contribution in [-0.2, 0) is 31.8 Å². The molecule has 0 radical (unpaired) electrons. The molecule has 9 heteroatoms. The minimum Gasteiger partial charge on any atom is -0.494 e. The van der Waals surface area contributed by atoms with Crippen LogP contribution in [0.3, 0.4) is 0 Å². The minimum absolute atomic E-state index is 0.0550. The summed E-state index contributed by atoms with van der Waals surface area (Å²) in [6.45, 7) is 2.49. The zero-order valence-corrected chi connectivity index (χ0v) is 15.2. The lowest BCUT2D eigenvalue weighted by Gasteiger charge is -2.15. The Labute approximate surface area is 154 Å². The molecule has 8 nitrogen and oxygen atoms in total. The van der Waals surface area contributed by atoms with E-state index >= 15 is 0 Å². The first-order valence-electron chi connectivity index (χ1n) is 8.48. The molecular formula is C17H20N2O6S. The van der Waals surface area contributed by atoms with Crippen molar-refractivity contribution in [3.8, 4) is 0 Å². The van der Waals surface area contributed by atoms with Gasteiger partial charge in [0.2, 0.25) is 5.76 Å². The first-order chi connectivity index (χ1) is 12.6. The Morgan fingerprint density at radius 2 is 2.00 bits per heavy atom. The third-order valence-corrected chi connectivity index (χ3v) is 5.20. The van der Waals surface area contributed by atoms with Gasteiger partial charge >= 0.3 is 6.09 Å². The van der Waals surface area contributed by atoms with Gasteiger partial charge in [0, 0.05) is 4.88 Å². The van der Waals surface area contributed by atoms with E-state index in [1.807, 2.05) is 0 Å². The van der Waals surface area contributed by atoms with E-state index < -0.39 is 17.9 Å². The van der Waals surface area contributed by atoms with Gasteiger partial charge in [0.25, 0.3) is 11.8 Å². The standard InChI is InChI=1S/C17H20N2O6S/c1-2-24-17(22)19-15(21)13-10-5-3-4-6-12(10)26-16(13)18-14(20)11-9-23-7-8-25-11/h9H,2-8H2,1H3,(H,18,20)(H,19,21,22). The summed E-state index contributed by atoms with van der Waals surface area (Å²) in [4.78, 5) is 37.7. The Morgan fingerprint density at radius 3 is 2.73 bits per heavy atom. The van der Waals surface area contributed by atoms with Crippen LogP contribution in [0, 0.1) is 0 Å². The summed E-state index contributed by atoms with van der Waals surface area (Å²) in [5.41, 5.74) is 1.21. The summed E-state index contributed by atoms with van der Waals surface area (Å²) < 4.78 is 15.1. The van der Waals surface area contributed by atoms with E-state index in [0.29, 0.717) is 17.2 Å². The predicted molar refractivity (Wildman–Crippen MR) is 94.1 cm³/mol. The number of carbonyl (C=O) groups is 3. The van der Waals surface area contributed by atoms with E-state index in [-0.39, 0.29) is 19.0 Å². The number of anilines is 1. The molecule has 26 heavy (non-hydrogen) atoms. The van der Waals surface area contributed by atoms with Gasteiger partial charge in [-0.25, -0.2) is 4.79 Å². The summed E-state index contributed by atoms with van der Waals surface area (Å²) in [5, 5.41) is 5.33. The second-order valence-corrected chi connectivity index (χ2v) is 6.85. The largest absolute Gasteiger partial charge is 0.494 e. The summed E-state index contributed by atoms with van der Waals surface area (Å²) in [7, 11) is 0. The van der Waals surface area contributed by atoms with E-state index in [9.17, 15) is 14.4 Å². The number of nitrogens with one attached hydrogen (secondary N) is 2. The fraction of sp³-hybridized carbons (Fsp3) is 0.471. The van der Waals surface area contributed by atoms with Crippen LogP contribution in [0.2, 0.25) is 0 Å². The Hall–Kier alpha value is -2.55. The van der Waals surface area contributed by atoms with Crippen molar-refractivity contribution in [2.75, 3.05) is 25.1 Å². The lowest BCUT2D eigenvalue weighted by molar-refractivity contribution is -0.117. The van der Waals surface area contributed by atoms with Crippen LogP contribution in [0.25, 0.3) is 0 Å². The quantitative estimate of drug-likeness (QED) is 0.831. The van der Waals surface area contributed by atoms with E-state index in [0.717, 1.165) is 36.1 Å². The number of alkyl carbamates (subject to hydrolysis) is 1. The molecule has 2 heterocycles. The van der Waals surface area contributed by atoms with Gasteiger partial charge in [-0.15, -0.1) is 11.3 Å². The maximum atomic E-state index is 12.6. The zero-order chi connectivity index (χ0) is 18.5. The highest BCUT2D eigenvalue weighted by Crippen LogP contribution is 2.38. The minimum atomic E-state index is -0.808. The lowest BCUT2D eigenvalue weighted by atomic mass is 9.95. The number of rotatable bonds is 4. The first kappa shape index (κ1) is 18.2. The number of fused-ring (bicyclic) bond motifs is 1. The third kappa shape index (κ3) is 3.98. The van der Waals surface area contributed by atoms with E-state index in [4.69, 9.17) is 14.2 Å². The number of ether oxygens (including phenoxy) is 3. The SMILES string of the molecule is CCOC(=O)NC(=O)c1c(NC(=O)C2=COCCO2)sc2c1CCCC2. The second kappa shape index (κ2) is 8.22. The molecule has 2 N–H and O–H groups in total. The molecule has 1 aromatic heterocycles.